The highest BCUT2D eigenvalue weighted by molar-refractivity contribution is 6.46. The molecule has 6 nitrogen and oxygen atoms in total. The molecule has 32 heavy (non-hydrogen) atoms. The lowest BCUT2D eigenvalue weighted by atomic mass is 9.95. The summed E-state index contributed by atoms with van der Waals surface area (Å²) in [7, 11) is 0. The van der Waals surface area contributed by atoms with Crippen LogP contribution in [0.1, 0.15) is 29.9 Å². The van der Waals surface area contributed by atoms with Gasteiger partial charge >= 0.3 is 0 Å². The highest BCUT2D eigenvalue weighted by Crippen LogP contribution is 2.41. The number of Topliss-reactive ketones (excluding diaryl/α,β-unsaturated/α-hetero) is 1. The van der Waals surface area contributed by atoms with Crippen molar-refractivity contribution in [2.24, 2.45) is 0 Å². The van der Waals surface area contributed by atoms with Crippen LogP contribution in [0, 0.1) is 5.82 Å². The van der Waals surface area contributed by atoms with Gasteiger partial charge in [-0.15, -0.1) is 0 Å². The molecule has 1 atom stereocenters. The maximum absolute atomic E-state index is 14.0. The molecule has 4 rings (SSSR count). The van der Waals surface area contributed by atoms with Crippen molar-refractivity contribution in [1.82, 2.24) is 4.90 Å². The summed E-state index contributed by atoms with van der Waals surface area (Å²) < 4.78 is 24.8. The molecule has 1 aliphatic rings. The number of ketones is 1. The number of nitrogens with zero attached hydrogens (tertiary/aromatic N) is 1. The second-order valence-electron chi connectivity index (χ2n) is 7.14. The molecule has 1 aliphatic heterocycles. The van der Waals surface area contributed by atoms with Crippen LogP contribution in [0.2, 0.25) is 5.02 Å². The summed E-state index contributed by atoms with van der Waals surface area (Å²) >= 11 is 6.24. The lowest BCUT2D eigenvalue weighted by Gasteiger charge is -2.24. The number of aliphatic hydroxyl groups excluding tert-OH is 1. The molecule has 2 aromatic carbocycles. The van der Waals surface area contributed by atoms with E-state index in [0.717, 1.165) is 0 Å². The molecule has 3 aromatic rings. The molecule has 0 radical (unpaired) electrons. The Hall–Kier alpha value is -3.58. The van der Waals surface area contributed by atoms with Crippen LogP contribution in [0.4, 0.5) is 4.39 Å². The number of carbonyl (C=O) groups excluding carboxylic acids is 2. The molecular formula is C24H19ClFNO5. The third-order valence-corrected chi connectivity index (χ3v) is 5.41. The Balaban J connectivity index is 1.85. The number of ether oxygens (including phenoxy) is 1. The third-order valence-electron chi connectivity index (χ3n) is 5.12. The Labute approximate surface area is 188 Å². The Morgan fingerprint density at radius 1 is 1.19 bits per heavy atom. The minimum Gasteiger partial charge on any atom is -0.507 e. The predicted molar refractivity (Wildman–Crippen MR) is 116 cm³/mol. The van der Waals surface area contributed by atoms with Gasteiger partial charge in [0.1, 0.15) is 23.1 Å². The summed E-state index contributed by atoms with van der Waals surface area (Å²) in [5.74, 6) is -1.79. The number of amides is 1. The van der Waals surface area contributed by atoms with E-state index < -0.39 is 29.3 Å². The monoisotopic (exact) mass is 455 g/mol. The number of hydrogen-bond acceptors (Lipinski definition) is 5. The van der Waals surface area contributed by atoms with Crippen molar-refractivity contribution in [2.45, 2.75) is 19.5 Å². The van der Waals surface area contributed by atoms with Gasteiger partial charge in [-0.3, -0.25) is 9.59 Å². The summed E-state index contributed by atoms with van der Waals surface area (Å²) in [6, 6.07) is 12.4. The van der Waals surface area contributed by atoms with Gasteiger partial charge in [0.15, 0.2) is 0 Å². The molecule has 1 saturated heterocycles. The number of hydrogen-bond donors (Lipinski definition) is 1. The van der Waals surface area contributed by atoms with Crippen LogP contribution in [0.15, 0.2) is 70.9 Å². The number of likely N-dealkylation sites (tertiary alicyclic amines) is 1. The SMILES string of the molecule is CCOc1ccc(C(O)=C2C(=O)C(=O)N(Cc3ccco3)[C@H]2c2cccc(F)c2)cc1Cl. The molecular weight excluding hydrogens is 437 g/mol. The number of aliphatic hydroxyl groups is 1. The molecule has 1 amide bonds. The Kier molecular flexibility index (Phi) is 6.01. The van der Waals surface area contributed by atoms with E-state index in [0.29, 0.717) is 23.7 Å². The summed E-state index contributed by atoms with van der Waals surface area (Å²) in [5.41, 5.74) is 0.414. The first-order chi connectivity index (χ1) is 15.4. The summed E-state index contributed by atoms with van der Waals surface area (Å²) in [6.07, 6.45) is 1.45. The number of benzene rings is 2. The molecule has 164 valence electrons. The largest absolute Gasteiger partial charge is 0.507 e. The van der Waals surface area contributed by atoms with Crippen molar-refractivity contribution < 1.29 is 28.2 Å². The predicted octanol–water partition coefficient (Wildman–Crippen LogP) is 5.09. The fraction of sp³-hybridized carbons (Fsp3) is 0.167. The number of halogens is 2. The molecule has 0 unspecified atom stereocenters. The van der Waals surface area contributed by atoms with Crippen LogP contribution in [-0.4, -0.2) is 28.3 Å². The van der Waals surface area contributed by atoms with Gasteiger partial charge in [-0.05, 0) is 55.0 Å². The molecule has 0 saturated carbocycles. The molecule has 1 fully saturated rings. The molecule has 0 bridgehead atoms. The van der Waals surface area contributed by atoms with E-state index in [2.05, 4.69) is 0 Å². The molecule has 1 aromatic heterocycles. The van der Waals surface area contributed by atoms with Crippen molar-refractivity contribution in [3.05, 3.63) is 94.2 Å². The zero-order chi connectivity index (χ0) is 22.8. The maximum Gasteiger partial charge on any atom is 0.296 e. The zero-order valence-corrected chi connectivity index (χ0v) is 17.8. The van der Waals surface area contributed by atoms with Gasteiger partial charge < -0.3 is 19.2 Å². The summed E-state index contributed by atoms with van der Waals surface area (Å²) in [4.78, 5) is 27.1. The van der Waals surface area contributed by atoms with Crippen molar-refractivity contribution in [3.8, 4) is 5.75 Å². The van der Waals surface area contributed by atoms with Gasteiger partial charge in [-0.1, -0.05) is 23.7 Å². The van der Waals surface area contributed by atoms with E-state index in [1.807, 2.05) is 6.92 Å². The number of furan rings is 1. The van der Waals surface area contributed by atoms with Gasteiger partial charge in [0.2, 0.25) is 0 Å². The minimum atomic E-state index is -1.01. The molecule has 2 heterocycles. The van der Waals surface area contributed by atoms with E-state index >= 15 is 0 Å². The lowest BCUT2D eigenvalue weighted by molar-refractivity contribution is -0.140. The van der Waals surface area contributed by atoms with E-state index in [1.165, 1.54) is 41.5 Å². The normalized spacial score (nSPS) is 17.7. The second kappa shape index (κ2) is 8.88. The summed E-state index contributed by atoms with van der Waals surface area (Å²) in [6.45, 7) is 2.19. The number of rotatable bonds is 6. The molecule has 0 spiro atoms. The quantitative estimate of drug-likeness (QED) is 0.318. The Morgan fingerprint density at radius 2 is 2.00 bits per heavy atom. The van der Waals surface area contributed by atoms with Crippen LogP contribution in [0.25, 0.3) is 5.76 Å². The third kappa shape index (κ3) is 3.99. The Bertz CT molecular complexity index is 1200. The molecule has 1 N–H and O–H groups in total. The van der Waals surface area contributed by atoms with Crippen molar-refractivity contribution >= 4 is 29.1 Å². The van der Waals surface area contributed by atoms with E-state index in [1.54, 1.807) is 24.3 Å². The first-order valence-corrected chi connectivity index (χ1v) is 10.3. The standard InChI is InChI=1S/C24H19ClFNO5/c1-2-31-19-9-8-15(12-18(19)25)22(28)20-21(14-5-3-6-16(26)11-14)27(24(30)23(20)29)13-17-7-4-10-32-17/h3-12,21,28H,2,13H2,1H3/t21-/m0/s1. The average Bonchev–Trinajstić information content (AvgIpc) is 3.37. The topological polar surface area (TPSA) is 80.0 Å². The highest BCUT2D eigenvalue weighted by atomic mass is 35.5. The second-order valence-corrected chi connectivity index (χ2v) is 7.55. The minimum absolute atomic E-state index is 0.0282. The first-order valence-electron chi connectivity index (χ1n) is 9.89. The Morgan fingerprint density at radius 3 is 2.66 bits per heavy atom. The van der Waals surface area contributed by atoms with Crippen LogP contribution >= 0.6 is 11.6 Å². The van der Waals surface area contributed by atoms with Gasteiger partial charge in [0, 0.05) is 5.56 Å². The zero-order valence-electron chi connectivity index (χ0n) is 17.0. The molecule has 8 heteroatoms. The van der Waals surface area contributed by atoms with Gasteiger partial charge in [0.25, 0.3) is 11.7 Å². The van der Waals surface area contributed by atoms with Crippen molar-refractivity contribution in [1.29, 1.82) is 0 Å². The fourth-order valence-electron chi connectivity index (χ4n) is 3.71. The average molecular weight is 456 g/mol. The van der Waals surface area contributed by atoms with Gasteiger partial charge in [-0.25, -0.2) is 4.39 Å². The van der Waals surface area contributed by atoms with E-state index in [4.69, 9.17) is 20.8 Å². The number of carbonyl (C=O) groups is 2. The van der Waals surface area contributed by atoms with E-state index in [-0.39, 0.29) is 22.7 Å². The summed E-state index contributed by atoms with van der Waals surface area (Å²) in [5, 5.41) is 11.3. The van der Waals surface area contributed by atoms with Crippen molar-refractivity contribution in [3.63, 3.8) is 0 Å². The molecule has 0 aliphatic carbocycles. The maximum atomic E-state index is 14.0. The van der Waals surface area contributed by atoms with Crippen LogP contribution in [-0.2, 0) is 16.1 Å². The lowest BCUT2D eigenvalue weighted by Crippen LogP contribution is -2.29. The smallest absolute Gasteiger partial charge is 0.296 e. The van der Waals surface area contributed by atoms with Gasteiger partial charge in [0.05, 0.1) is 36.1 Å². The van der Waals surface area contributed by atoms with Crippen LogP contribution < -0.4 is 4.74 Å². The fourth-order valence-corrected chi connectivity index (χ4v) is 3.95. The van der Waals surface area contributed by atoms with Crippen LogP contribution in [0.5, 0.6) is 5.75 Å². The van der Waals surface area contributed by atoms with Crippen LogP contribution in [0.3, 0.4) is 0 Å². The first kappa shape index (κ1) is 21.6. The van der Waals surface area contributed by atoms with Gasteiger partial charge in [-0.2, -0.15) is 0 Å². The highest BCUT2D eigenvalue weighted by Gasteiger charge is 2.46. The van der Waals surface area contributed by atoms with Crippen molar-refractivity contribution in [2.75, 3.05) is 6.61 Å². The van der Waals surface area contributed by atoms with E-state index in [9.17, 15) is 19.1 Å².